The summed E-state index contributed by atoms with van der Waals surface area (Å²) in [5.41, 5.74) is 0.574. The van der Waals surface area contributed by atoms with E-state index < -0.39 is 12.6 Å². The molecule has 0 aliphatic rings. The molecule has 0 radical (unpaired) electrons. The van der Waals surface area contributed by atoms with Gasteiger partial charge in [0.1, 0.15) is 5.75 Å². The highest BCUT2D eigenvalue weighted by atomic mass is 32.2. The Morgan fingerprint density at radius 1 is 1.67 bits per heavy atom. The zero-order valence-corrected chi connectivity index (χ0v) is 10.4. The minimum Gasteiger partial charge on any atom is -0.482 e. The van der Waals surface area contributed by atoms with E-state index in [-0.39, 0.29) is 0 Å². The Morgan fingerprint density at radius 3 is 3.06 bits per heavy atom. The van der Waals surface area contributed by atoms with Gasteiger partial charge < -0.3 is 9.84 Å². The molecule has 1 aromatic carbocycles. The van der Waals surface area contributed by atoms with Crippen LogP contribution in [0.2, 0.25) is 0 Å². The fraction of sp³-hybridized carbons (Fsp3) is 0.182. The number of carbonyl (C=O) groups is 1. The maximum atomic E-state index is 10.4. The van der Waals surface area contributed by atoms with Crippen LogP contribution in [0.5, 0.6) is 5.75 Å². The number of thioether (sulfide) groups is 1. The van der Waals surface area contributed by atoms with Crippen LogP contribution in [0.15, 0.2) is 29.3 Å². The highest BCUT2D eigenvalue weighted by Gasteiger charge is 2.01. The van der Waals surface area contributed by atoms with Gasteiger partial charge in [0.15, 0.2) is 18.0 Å². The van der Waals surface area contributed by atoms with Crippen molar-refractivity contribution in [2.24, 2.45) is 4.99 Å². The van der Waals surface area contributed by atoms with Crippen LogP contribution >= 0.6 is 11.8 Å². The van der Waals surface area contributed by atoms with E-state index in [2.05, 4.69) is 10.3 Å². The number of carboxylic acids is 1. The van der Waals surface area contributed by atoms with Crippen LogP contribution in [0.4, 0.5) is 5.69 Å². The highest BCUT2D eigenvalue weighted by Crippen LogP contribution is 2.20. The van der Waals surface area contributed by atoms with Crippen LogP contribution in [0.1, 0.15) is 0 Å². The summed E-state index contributed by atoms with van der Waals surface area (Å²) in [5, 5.41) is 19.9. The van der Waals surface area contributed by atoms with E-state index in [9.17, 15) is 4.79 Å². The van der Waals surface area contributed by atoms with Gasteiger partial charge in [-0.15, -0.1) is 0 Å². The second kappa shape index (κ2) is 7.19. The normalized spacial score (nSPS) is 10.6. The predicted molar refractivity (Wildman–Crippen MR) is 68.9 cm³/mol. The predicted octanol–water partition coefficient (Wildman–Crippen LogP) is 1.57. The monoisotopic (exact) mass is 265 g/mol. The Labute approximate surface area is 108 Å². The molecular weight excluding hydrogens is 254 g/mol. The molecule has 0 aromatic heterocycles. The van der Waals surface area contributed by atoms with Gasteiger partial charge in [0.25, 0.3) is 0 Å². The van der Waals surface area contributed by atoms with Crippen molar-refractivity contribution in [1.29, 1.82) is 5.26 Å². The number of hydrogen-bond acceptors (Lipinski definition) is 5. The van der Waals surface area contributed by atoms with Gasteiger partial charge in [0.2, 0.25) is 0 Å². The average molecular weight is 265 g/mol. The first-order valence-electron chi connectivity index (χ1n) is 4.88. The van der Waals surface area contributed by atoms with Gasteiger partial charge in [-0.05, 0) is 18.4 Å². The highest BCUT2D eigenvalue weighted by molar-refractivity contribution is 8.13. The lowest BCUT2D eigenvalue weighted by molar-refractivity contribution is -0.139. The molecule has 0 aliphatic heterocycles. The van der Waals surface area contributed by atoms with Crippen molar-refractivity contribution in [2.45, 2.75) is 0 Å². The van der Waals surface area contributed by atoms with Crippen molar-refractivity contribution in [1.82, 2.24) is 5.32 Å². The molecule has 7 heteroatoms. The molecule has 0 spiro atoms. The topological polar surface area (TPSA) is 94.7 Å². The molecule has 18 heavy (non-hydrogen) atoms. The average Bonchev–Trinajstić information content (AvgIpc) is 2.36. The van der Waals surface area contributed by atoms with Crippen molar-refractivity contribution in [2.75, 3.05) is 12.9 Å². The third kappa shape index (κ3) is 4.76. The van der Waals surface area contributed by atoms with Gasteiger partial charge in [-0.25, -0.2) is 9.79 Å². The van der Waals surface area contributed by atoms with Crippen molar-refractivity contribution in [3.63, 3.8) is 0 Å². The minimum absolute atomic E-state index is 0.404. The first-order chi connectivity index (χ1) is 8.65. The van der Waals surface area contributed by atoms with Gasteiger partial charge in [-0.3, -0.25) is 5.32 Å². The number of benzene rings is 1. The van der Waals surface area contributed by atoms with E-state index in [0.29, 0.717) is 16.6 Å². The fourth-order valence-electron chi connectivity index (χ4n) is 1.08. The third-order valence-corrected chi connectivity index (χ3v) is 2.35. The number of carboxylic acid groups (broad SMARTS) is 1. The molecule has 0 saturated carbocycles. The Balaban J connectivity index is 2.81. The molecule has 1 aromatic rings. The molecule has 0 amide bonds. The molecule has 0 unspecified atom stereocenters. The number of hydrogen-bond donors (Lipinski definition) is 2. The van der Waals surface area contributed by atoms with E-state index >= 15 is 0 Å². The number of rotatable bonds is 4. The summed E-state index contributed by atoms with van der Waals surface area (Å²) in [6.07, 6.45) is 3.57. The lowest BCUT2D eigenvalue weighted by Gasteiger charge is -2.04. The van der Waals surface area contributed by atoms with E-state index in [0.717, 1.165) is 0 Å². The Morgan fingerprint density at radius 2 is 2.44 bits per heavy atom. The molecular formula is C11H11N3O3S. The van der Waals surface area contributed by atoms with Gasteiger partial charge in [-0.2, -0.15) is 5.26 Å². The van der Waals surface area contributed by atoms with Gasteiger partial charge in [0.05, 0.1) is 5.69 Å². The van der Waals surface area contributed by atoms with Crippen molar-refractivity contribution < 1.29 is 14.6 Å². The molecule has 1 rings (SSSR count). The number of aliphatic imine (C=N–C) groups is 1. The molecule has 2 N–H and O–H groups in total. The Kier molecular flexibility index (Phi) is 5.54. The zero-order valence-electron chi connectivity index (χ0n) is 9.58. The fourth-order valence-corrected chi connectivity index (χ4v) is 1.42. The quantitative estimate of drug-likeness (QED) is 0.371. The number of nitriles is 1. The second-order valence-corrected chi connectivity index (χ2v) is 3.83. The summed E-state index contributed by atoms with van der Waals surface area (Å²) in [7, 11) is 0. The molecule has 0 heterocycles. The van der Waals surface area contributed by atoms with Crippen LogP contribution in [-0.4, -0.2) is 29.1 Å². The SMILES string of the molecule is CSC(=Nc1cccc(OCC(=O)O)c1)NC#N. The van der Waals surface area contributed by atoms with Crippen LogP contribution in [-0.2, 0) is 4.79 Å². The van der Waals surface area contributed by atoms with E-state index in [1.54, 1.807) is 36.7 Å². The number of aliphatic carboxylic acids is 1. The standard InChI is InChI=1S/C11H11N3O3S/c1-18-11(13-7-12)14-8-3-2-4-9(5-8)17-6-10(15)16/h2-5H,6H2,1H3,(H,13,14)(H,15,16). The first kappa shape index (κ1) is 13.9. The van der Waals surface area contributed by atoms with E-state index in [1.165, 1.54) is 11.8 Å². The van der Waals surface area contributed by atoms with Crippen LogP contribution in [0.25, 0.3) is 0 Å². The number of nitrogens with zero attached hydrogens (tertiary/aromatic N) is 2. The summed E-state index contributed by atoms with van der Waals surface area (Å²) in [6.45, 7) is -0.404. The van der Waals surface area contributed by atoms with Gasteiger partial charge in [0, 0.05) is 6.07 Å². The zero-order chi connectivity index (χ0) is 13.4. The summed E-state index contributed by atoms with van der Waals surface area (Å²) in [5.74, 6) is -0.629. The summed E-state index contributed by atoms with van der Waals surface area (Å²) in [4.78, 5) is 14.5. The molecule has 94 valence electrons. The first-order valence-corrected chi connectivity index (χ1v) is 6.10. The Bertz CT molecular complexity index is 497. The maximum Gasteiger partial charge on any atom is 0.341 e. The molecule has 0 saturated heterocycles. The Hall–Kier alpha value is -2.20. The van der Waals surface area contributed by atoms with E-state index in [1.807, 2.05) is 0 Å². The summed E-state index contributed by atoms with van der Waals surface area (Å²) in [6, 6.07) is 6.65. The molecule has 0 fully saturated rings. The maximum absolute atomic E-state index is 10.4. The van der Waals surface area contributed by atoms with Crippen molar-refractivity contribution in [3.8, 4) is 11.9 Å². The van der Waals surface area contributed by atoms with Crippen LogP contribution in [0.3, 0.4) is 0 Å². The number of ether oxygens (including phenoxy) is 1. The molecule has 0 atom stereocenters. The van der Waals surface area contributed by atoms with Crippen LogP contribution < -0.4 is 10.1 Å². The van der Waals surface area contributed by atoms with Gasteiger partial charge in [-0.1, -0.05) is 17.8 Å². The van der Waals surface area contributed by atoms with Crippen LogP contribution in [0, 0.1) is 11.5 Å². The smallest absolute Gasteiger partial charge is 0.341 e. The summed E-state index contributed by atoms with van der Waals surface area (Å²) >= 11 is 1.29. The lowest BCUT2D eigenvalue weighted by Crippen LogP contribution is -2.12. The van der Waals surface area contributed by atoms with Crippen molar-refractivity contribution in [3.05, 3.63) is 24.3 Å². The van der Waals surface area contributed by atoms with E-state index in [4.69, 9.17) is 15.1 Å². The largest absolute Gasteiger partial charge is 0.482 e. The molecule has 0 aliphatic carbocycles. The number of amidine groups is 1. The van der Waals surface area contributed by atoms with Gasteiger partial charge >= 0.3 is 5.97 Å². The second-order valence-electron chi connectivity index (χ2n) is 3.04. The lowest BCUT2D eigenvalue weighted by atomic mass is 10.3. The minimum atomic E-state index is -1.04. The van der Waals surface area contributed by atoms with Crippen molar-refractivity contribution >= 4 is 28.6 Å². The third-order valence-electron chi connectivity index (χ3n) is 1.77. The molecule has 6 nitrogen and oxygen atoms in total. The number of nitrogens with one attached hydrogen (secondary N) is 1. The summed E-state index contributed by atoms with van der Waals surface area (Å²) < 4.78 is 5.02. The molecule has 0 bridgehead atoms.